The van der Waals surface area contributed by atoms with Crippen LogP contribution in [0.3, 0.4) is 0 Å². The zero-order valence-electron chi connectivity index (χ0n) is 10.5. The van der Waals surface area contributed by atoms with E-state index in [2.05, 4.69) is 10.1 Å². The molecule has 1 atom stereocenters. The van der Waals surface area contributed by atoms with Crippen LogP contribution >= 0.6 is 0 Å². The molecule has 0 aromatic rings. The minimum Gasteiger partial charge on any atom is -0.468 e. The van der Waals surface area contributed by atoms with Gasteiger partial charge in [-0.3, -0.25) is 9.59 Å². The fourth-order valence-corrected chi connectivity index (χ4v) is 1.24. The summed E-state index contributed by atoms with van der Waals surface area (Å²) < 4.78 is 4.50. The molecule has 0 aliphatic heterocycles. The summed E-state index contributed by atoms with van der Waals surface area (Å²) in [6.45, 7) is 4.87. The number of nitrogens with two attached hydrogens (primary N) is 1. The predicted molar refractivity (Wildman–Crippen MR) is 61.0 cm³/mol. The van der Waals surface area contributed by atoms with Crippen molar-refractivity contribution in [3.05, 3.63) is 0 Å². The second-order valence-electron chi connectivity index (χ2n) is 3.87. The lowest BCUT2D eigenvalue weighted by Crippen LogP contribution is -2.52. The first kappa shape index (κ1) is 15.2. The van der Waals surface area contributed by atoms with Gasteiger partial charge >= 0.3 is 12.0 Å². The van der Waals surface area contributed by atoms with Crippen LogP contribution in [0.2, 0.25) is 0 Å². The van der Waals surface area contributed by atoms with E-state index in [1.165, 1.54) is 18.9 Å². The Kier molecular flexibility index (Phi) is 6.01. The number of hydrogen-bond donors (Lipinski definition) is 2. The lowest BCUT2D eigenvalue weighted by Gasteiger charge is -2.28. The average Bonchev–Trinajstić information content (AvgIpc) is 2.23. The van der Waals surface area contributed by atoms with Crippen LogP contribution in [0.5, 0.6) is 0 Å². The van der Waals surface area contributed by atoms with E-state index in [-0.39, 0.29) is 18.5 Å². The minimum atomic E-state index is -0.785. The molecule has 7 heteroatoms. The Morgan fingerprint density at radius 2 is 1.82 bits per heavy atom. The van der Waals surface area contributed by atoms with Gasteiger partial charge in [-0.05, 0) is 20.8 Å². The monoisotopic (exact) mass is 245 g/mol. The van der Waals surface area contributed by atoms with E-state index in [9.17, 15) is 14.4 Å². The summed E-state index contributed by atoms with van der Waals surface area (Å²) in [5, 5.41) is 2.26. The molecular formula is C10H19N3O4. The lowest BCUT2D eigenvalue weighted by atomic mass is 10.2. The fourth-order valence-electron chi connectivity index (χ4n) is 1.24. The van der Waals surface area contributed by atoms with Crippen LogP contribution in [-0.2, 0) is 14.3 Å². The first-order valence-electron chi connectivity index (χ1n) is 5.22. The molecule has 0 spiro atoms. The SMILES string of the molecule is COC(=O)CN(C(=O)C(C)NC(N)=O)C(C)C. The lowest BCUT2D eigenvalue weighted by molar-refractivity contribution is -0.148. The van der Waals surface area contributed by atoms with Crippen LogP contribution in [0.4, 0.5) is 4.79 Å². The fraction of sp³-hybridized carbons (Fsp3) is 0.700. The average molecular weight is 245 g/mol. The standard InChI is InChI=1S/C10H19N3O4/c1-6(2)13(5-8(14)17-4)9(15)7(3)12-10(11)16/h6-7H,5H2,1-4H3,(H3,11,12,16). The van der Waals surface area contributed by atoms with Crippen molar-refractivity contribution in [3.63, 3.8) is 0 Å². The number of nitrogens with zero attached hydrogens (tertiary/aromatic N) is 1. The summed E-state index contributed by atoms with van der Waals surface area (Å²) in [5.41, 5.74) is 4.92. The summed E-state index contributed by atoms with van der Waals surface area (Å²) >= 11 is 0. The number of urea groups is 1. The number of primary amides is 1. The Bertz CT molecular complexity index is 304. The Labute approximate surface area is 100 Å². The molecule has 7 nitrogen and oxygen atoms in total. The molecule has 0 saturated heterocycles. The van der Waals surface area contributed by atoms with Crippen molar-refractivity contribution in [2.45, 2.75) is 32.9 Å². The van der Waals surface area contributed by atoms with Gasteiger partial charge in [0.25, 0.3) is 0 Å². The van der Waals surface area contributed by atoms with Crippen LogP contribution in [0.1, 0.15) is 20.8 Å². The van der Waals surface area contributed by atoms with Gasteiger partial charge < -0.3 is 20.7 Å². The Morgan fingerprint density at radius 1 is 1.29 bits per heavy atom. The van der Waals surface area contributed by atoms with Crippen LogP contribution in [0.25, 0.3) is 0 Å². The van der Waals surface area contributed by atoms with Crippen molar-refractivity contribution in [1.82, 2.24) is 10.2 Å². The first-order valence-corrected chi connectivity index (χ1v) is 5.22. The number of hydrogen-bond acceptors (Lipinski definition) is 4. The molecule has 98 valence electrons. The molecular weight excluding hydrogens is 226 g/mol. The summed E-state index contributed by atoms with van der Waals surface area (Å²) in [7, 11) is 1.25. The normalized spacial score (nSPS) is 11.8. The number of carbonyl (C=O) groups is 3. The van der Waals surface area contributed by atoms with Gasteiger partial charge in [0.2, 0.25) is 5.91 Å². The number of amides is 3. The molecule has 0 aromatic heterocycles. The predicted octanol–water partition coefficient (Wildman–Crippen LogP) is -0.547. The number of esters is 1. The van der Waals surface area contributed by atoms with Crippen molar-refractivity contribution in [2.75, 3.05) is 13.7 Å². The Hall–Kier alpha value is -1.79. The van der Waals surface area contributed by atoms with Gasteiger partial charge in [-0.1, -0.05) is 0 Å². The third-order valence-corrected chi connectivity index (χ3v) is 2.16. The van der Waals surface area contributed by atoms with Crippen molar-refractivity contribution in [1.29, 1.82) is 0 Å². The maximum absolute atomic E-state index is 11.9. The highest BCUT2D eigenvalue weighted by Crippen LogP contribution is 2.02. The molecule has 0 aliphatic rings. The third kappa shape index (κ3) is 5.19. The molecule has 0 bridgehead atoms. The maximum Gasteiger partial charge on any atom is 0.325 e. The largest absolute Gasteiger partial charge is 0.468 e. The quantitative estimate of drug-likeness (QED) is 0.634. The van der Waals surface area contributed by atoms with Crippen molar-refractivity contribution >= 4 is 17.9 Å². The number of nitrogens with one attached hydrogen (secondary N) is 1. The topological polar surface area (TPSA) is 102 Å². The molecule has 0 fully saturated rings. The zero-order valence-corrected chi connectivity index (χ0v) is 10.5. The van der Waals surface area contributed by atoms with Crippen molar-refractivity contribution in [2.24, 2.45) is 5.73 Å². The van der Waals surface area contributed by atoms with Gasteiger partial charge in [-0.25, -0.2) is 4.79 Å². The van der Waals surface area contributed by atoms with Gasteiger partial charge in [-0.2, -0.15) is 0 Å². The highest BCUT2D eigenvalue weighted by atomic mass is 16.5. The summed E-state index contributed by atoms with van der Waals surface area (Å²) in [6, 6.07) is -1.74. The van der Waals surface area contributed by atoms with Crippen LogP contribution in [-0.4, -0.2) is 48.5 Å². The van der Waals surface area contributed by atoms with Crippen LogP contribution in [0.15, 0.2) is 0 Å². The van der Waals surface area contributed by atoms with E-state index < -0.39 is 18.0 Å². The molecule has 0 radical (unpaired) electrons. The summed E-state index contributed by atoms with van der Waals surface area (Å²) in [4.78, 5) is 35.0. The van der Waals surface area contributed by atoms with Crippen molar-refractivity contribution in [3.8, 4) is 0 Å². The van der Waals surface area contributed by atoms with E-state index in [4.69, 9.17) is 5.73 Å². The number of ether oxygens (including phenoxy) is 1. The van der Waals surface area contributed by atoms with Crippen LogP contribution < -0.4 is 11.1 Å². The second-order valence-corrected chi connectivity index (χ2v) is 3.87. The first-order chi connectivity index (χ1) is 7.79. The number of carbonyl (C=O) groups excluding carboxylic acids is 3. The van der Waals surface area contributed by atoms with Gasteiger partial charge in [0, 0.05) is 6.04 Å². The van der Waals surface area contributed by atoms with Crippen LogP contribution in [0, 0.1) is 0 Å². The van der Waals surface area contributed by atoms with Crippen molar-refractivity contribution < 1.29 is 19.1 Å². The Morgan fingerprint density at radius 3 is 2.18 bits per heavy atom. The molecule has 3 N–H and O–H groups in total. The van der Waals surface area contributed by atoms with E-state index in [1.54, 1.807) is 13.8 Å². The minimum absolute atomic E-state index is 0.155. The summed E-state index contributed by atoms with van der Waals surface area (Å²) in [6.07, 6.45) is 0. The molecule has 0 aliphatic carbocycles. The van der Waals surface area contributed by atoms with Gasteiger partial charge in [0.1, 0.15) is 12.6 Å². The highest BCUT2D eigenvalue weighted by Gasteiger charge is 2.25. The highest BCUT2D eigenvalue weighted by molar-refractivity contribution is 5.88. The molecule has 0 saturated carbocycles. The van der Waals surface area contributed by atoms with E-state index in [0.717, 1.165) is 0 Å². The van der Waals surface area contributed by atoms with E-state index in [0.29, 0.717) is 0 Å². The number of rotatable bonds is 5. The number of methoxy groups -OCH3 is 1. The molecule has 17 heavy (non-hydrogen) atoms. The molecule has 1 unspecified atom stereocenters. The molecule has 0 aromatic carbocycles. The molecule has 0 rings (SSSR count). The Balaban J connectivity index is 4.64. The maximum atomic E-state index is 11.9. The summed E-state index contributed by atoms with van der Waals surface area (Å²) in [5.74, 6) is -0.900. The second kappa shape index (κ2) is 6.72. The molecule has 3 amide bonds. The van der Waals surface area contributed by atoms with Gasteiger partial charge in [-0.15, -0.1) is 0 Å². The van der Waals surface area contributed by atoms with Gasteiger partial charge in [0.05, 0.1) is 7.11 Å². The zero-order chi connectivity index (χ0) is 13.6. The third-order valence-electron chi connectivity index (χ3n) is 2.16. The van der Waals surface area contributed by atoms with Gasteiger partial charge in [0.15, 0.2) is 0 Å². The van der Waals surface area contributed by atoms with E-state index >= 15 is 0 Å². The molecule has 0 heterocycles. The van der Waals surface area contributed by atoms with E-state index in [1.807, 2.05) is 0 Å². The smallest absolute Gasteiger partial charge is 0.325 e.